The van der Waals surface area contributed by atoms with Gasteiger partial charge in [0.2, 0.25) is 0 Å². The molecule has 0 saturated carbocycles. The molecule has 1 N–H and O–H groups in total. The van der Waals surface area contributed by atoms with Gasteiger partial charge in [-0.1, -0.05) is 13.8 Å². The molecule has 0 aromatic heterocycles. The first kappa shape index (κ1) is 16.8. The first-order valence-electron chi connectivity index (χ1n) is 7.29. The van der Waals surface area contributed by atoms with E-state index in [1.165, 1.54) is 0 Å². The van der Waals surface area contributed by atoms with Crippen molar-refractivity contribution in [3.05, 3.63) is 0 Å². The lowest BCUT2D eigenvalue weighted by atomic mass is 9.65. The van der Waals surface area contributed by atoms with Crippen LogP contribution >= 0.6 is 0 Å². The minimum Gasteiger partial charge on any atom is -0.463 e. The average molecular weight is 283 g/mol. The summed E-state index contributed by atoms with van der Waals surface area (Å²) < 4.78 is 5.11. The number of carbonyl (C=O) groups is 1. The van der Waals surface area contributed by atoms with Gasteiger partial charge < -0.3 is 15.0 Å². The molecule has 0 unspecified atom stereocenters. The van der Waals surface area contributed by atoms with Crippen molar-refractivity contribution in [2.75, 3.05) is 20.1 Å². The van der Waals surface area contributed by atoms with E-state index in [1.54, 1.807) is 7.05 Å². The van der Waals surface area contributed by atoms with Crippen LogP contribution in [0.2, 0.25) is 0 Å². The van der Waals surface area contributed by atoms with E-state index in [4.69, 9.17) is 4.74 Å². The van der Waals surface area contributed by atoms with Gasteiger partial charge in [-0.25, -0.2) is 0 Å². The van der Waals surface area contributed by atoms with Crippen LogP contribution in [0.3, 0.4) is 0 Å². The normalized spacial score (nSPS) is 20.6. The number of hydrogen-bond donors (Lipinski definition) is 1. The lowest BCUT2D eigenvalue weighted by Crippen LogP contribution is -2.72. The summed E-state index contributed by atoms with van der Waals surface area (Å²) >= 11 is 0. The molecule has 1 saturated heterocycles. The molecule has 0 spiro atoms. The molecule has 1 aliphatic heterocycles. The van der Waals surface area contributed by atoms with Crippen molar-refractivity contribution in [1.29, 1.82) is 0 Å². The number of rotatable bonds is 4. The number of esters is 1. The minimum absolute atomic E-state index is 0.0584. The third-order valence-electron chi connectivity index (χ3n) is 4.33. The maximum absolute atomic E-state index is 11.5. The van der Waals surface area contributed by atoms with Crippen molar-refractivity contribution in [2.24, 2.45) is 10.4 Å². The summed E-state index contributed by atoms with van der Waals surface area (Å²) in [5.74, 6) is 0.679. The summed E-state index contributed by atoms with van der Waals surface area (Å²) in [6.07, 6.45) is 0.298. The highest BCUT2D eigenvalue weighted by Crippen LogP contribution is 2.46. The Balaban J connectivity index is 2.45. The van der Waals surface area contributed by atoms with E-state index in [2.05, 4.69) is 42.9 Å². The standard InChI is InChI=1S/C15H29N3O2/c1-11(2)20-12(19)8-9-17-13(16-7)18-10-14(3,4)15(18,5)6/h11H,8-10H2,1-7H3,(H,16,17). The van der Waals surface area contributed by atoms with E-state index >= 15 is 0 Å². The average Bonchev–Trinajstić information content (AvgIpc) is 2.31. The zero-order valence-corrected chi connectivity index (χ0v) is 13.9. The smallest absolute Gasteiger partial charge is 0.307 e. The zero-order chi connectivity index (χ0) is 15.6. The molecule has 0 bridgehead atoms. The highest BCUT2D eigenvalue weighted by molar-refractivity contribution is 5.82. The molecule has 20 heavy (non-hydrogen) atoms. The number of hydrogen-bond acceptors (Lipinski definition) is 3. The highest BCUT2D eigenvalue weighted by Gasteiger charge is 2.53. The molecule has 0 aliphatic carbocycles. The van der Waals surface area contributed by atoms with Crippen molar-refractivity contribution < 1.29 is 9.53 Å². The number of nitrogens with one attached hydrogen (secondary N) is 1. The van der Waals surface area contributed by atoms with Gasteiger partial charge in [0.1, 0.15) is 0 Å². The summed E-state index contributed by atoms with van der Waals surface area (Å²) in [6, 6.07) is 0. The summed E-state index contributed by atoms with van der Waals surface area (Å²) in [4.78, 5) is 18.1. The van der Waals surface area contributed by atoms with Crippen molar-refractivity contribution >= 4 is 11.9 Å². The molecule has 1 rings (SSSR count). The predicted octanol–water partition coefficient (Wildman–Crippen LogP) is 2.02. The van der Waals surface area contributed by atoms with Crippen LogP contribution in [0.15, 0.2) is 4.99 Å². The van der Waals surface area contributed by atoms with Crippen LogP contribution in [0.5, 0.6) is 0 Å². The Kier molecular flexibility index (Phi) is 5.05. The van der Waals surface area contributed by atoms with Crippen molar-refractivity contribution in [3.63, 3.8) is 0 Å². The van der Waals surface area contributed by atoms with Crippen LogP contribution in [-0.4, -0.2) is 48.6 Å². The van der Waals surface area contributed by atoms with Crippen molar-refractivity contribution in [3.8, 4) is 0 Å². The molecule has 0 aromatic carbocycles. The summed E-state index contributed by atoms with van der Waals surface area (Å²) in [7, 11) is 1.77. The Bertz CT molecular complexity index is 387. The third kappa shape index (κ3) is 3.44. The Morgan fingerprint density at radius 3 is 2.35 bits per heavy atom. The fourth-order valence-corrected chi connectivity index (χ4v) is 2.29. The topological polar surface area (TPSA) is 53.9 Å². The van der Waals surface area contributed by atoms with Crippen LogP contribution in [0.1, 0.15) is 48.0 Å². The molecule has 1 heterocycles. The Labute approximate surface area is 122 Å². The Hall–Kier alpha value is -1.26. The molecular weight excluding hydrogens is 254 g/mol. The molecule has 5 heteroatoms. The number of ether oxygens (including phenoxy) is 1. The van der Waals surface area contributed by atoms with Gasteiger partial charge in [-0.3, -0.25) is 9.79 Å². The second-order valence-corrected chi connectivity index (χ2v) is 6.79. The number of aliphatic imine (C=N–C) groups is 1. The van der Waals surface area contributed by atoms with E-state index in [0.29, 0.717) is 13.0 Å². The van der Waals surface area contributed by atoms with Gasteiger partial charge in [0, 0.05) is 31.1 Å². The van der Waals surface area contributed by atoms with Gasteiger partial charge in [-0.2, -0.15) is 0 Å². The molecule has 1 aliphatic rings. The SMILES string of the molecule is CN=C(NCCC(=O)OC(C)C)N1CC(C)(C)C1(C)C. The van der Waals surface area contributed by atoms with Crippen molar-refractivity contribution in [2.45, 2.75) is 59.6 Å². The van der Waals surface area contributed by atoms with E-state index in [-0.39, 0.29) is 23.0 Å². The van der Waals surface area contributed by atoms with Gasteiger partial charge in [-0.05, 0) is 27.7 Å². The van der Waals surface area contributed by atoms with Crippen molar-refractivity contribution in [1.82, 2.24) is 10.2 Å². The van der Waals surface area contributed by atoms with E-state index in [1.807, 2.05) is 13.8 Å². The summed E-state index contributed by atoms with van der Waals surface area (Å²) in [5.41, 5.74) is 0.328. The number of nitrogens with zero attached hydrogens (tertiary/aromatic N) is 2. The maximum atomic E-state index is 11.5. The number of carbonyl (C=O) groups excluding carboxylic acids is 1. The minimum atomic E-state index is -0.175. The van der Waals surface area contributed by atoms with E-state index in [0.717, 1.165) is 12.5 Å². The monoisotopic (exact) mass is 283 g/mol. The zero-order valence-electron chi connectivity index (χ0n) is 13.9. The molecule has 5 nitrogen and oxygen atoms in total. The van der Waals surface area contributed by atoms with Gasteiger partial charge in [0.05, 0.1) is 12.5 Å². The van der Waals surface area contributed by atoms with Gasteiger partial charge >= 0.3 is 5.97 Å². The quantitative estimate of drug-likeness (QED) is 0.487. The van der Waals surface area contributed by atoms with Gasteiger partial charge in [0.15, 0.2) is 5.96 Å². The first-order chi connectivity index (χ1) is 9.11. The molecule has 0 aromatic rings. The molecule has 0 radical (unpaired) electrons. The summed E-state index contributed by atoms with van der Waals surface area (Å²) in [5, 5.41) is 3.24. The molecule has 0 amide bonds. The van der Waals surface area contributed by atoms with E-state index in [9.17, 15) is 4.79 Å². The van der Waals surface area contributed by atoms with Crippen LogP contribution in [0, 0.1) is 5.41 Å². The van der Waals surface area contributed by atoms with Gasteiger partial charge in [-0.15, -0.1) is 0 Å². The fraction of sp³-hybridized carbons (Fsp3) is 0.867. The van der Waals surface area contributed by atoms with Crippen LogP contribution in [0.25, 0.3) is 0 Å². The van der Waals surface area contributed by atoms with Crippen LogP contribution in [0.4, 0.5) is 0 Å². The lowest BCUT2D eigenvalue weighted by molar-refractivity contribution is -0.147. The Morgan fingerprint density at radius 2 is 1.95 bits per heavy atom. The molecule has 116 valence electrons. The maximum Gasteiger partial charge on any atom is 0.307 e. The molecule has 1 fully saturated rings. The highest BCUT2D eigenvalue weighted by atomic mass is 16.5. The van der Waals surface area contributed by atoms with Gasteiger partial charge in [0.25, 0.3) is 0 Å². The number of likely N-dealkylation sites (tertiary alicyclic amines) is 1. The largest absolute Gasteiger partial charge is 0.463 e. The second-order valence-electron chi connectivity index (χ2n) is 6.79. The lowest BCUT2D eigenvalue weighted by Gasteiger charge is -2.62. The first-order valence-corrected chi connectivity index (χ1v) is 7.29. The fourth-order valence-electron chi connectivity index (χ4n) is 2.29. The second kappa shape index (κ2) is 6.02. The van der Waals surface area contributed by atoms with Crippen LogP contribution in [-0.2, 0) is 9.53 Å². The van der Waals surface area contributed by atoms with E-state index < -0.39 is 0 Å². The van der Waals surface area contributed by atoms with Crippen LogP contribution < -0.4 is 5.32 Å². The molecular formula is C15H29N3O2. The number of guanidine groups is 1. The third-order valence-corrected chi connectivity index (χ3v) is 4.33. The Morgan fingerprint density at radius 1 is 1.35 bits per heavy atom. The predicted molar refractivity (Wildman–Crippen MR) is 81.8 cm³/mol. The molecule has 0 atom stereocenters. The summed E-state index contributed by atoms with van der Waals surface area (Å²) in [6.45, 7) is 14.2.